The van der Waals surface area contributed by atoms with Gasteiger partial charge in [0.1, 0.15) is 0 Å². The molecule has 0 bridgehead atoms. The SMILES string of the molecule is O[Si](O)(O)OF.[NaH].[NaH]. The summed E-state index contributed by atoms with van der Waals surface area (Å²) < 4.78 is 12.6. The fourth-order valence-electron chi connectivity index (χ4n) is 0. The van der Waals surface area contributed by atoms with Gasteiger partial charge in [-0.25, -0.2) is 0 Å². The minimum atomic E-state index is -4.80. The molecule has 3 N–H and O–H groups in total. The second-order valence-electron chi connectivity index (χ2n) is 0.651. The second kappa shape index (κ2) is 7.10. The molecule has 0 atom stereocenters. The number of hydrogen-bond donors (Lipinski definition) is 3. The van der Waals surface area contributed by atoms with Crippen molar-refractivity contribution in [3.63, 3.8) is 0 Å². The van der Waals surface area contributed by atoms with Crippen LogP contribution < -0.4 is 0 Å². The number of hydrogen-bond acceptors (Lipinski definition) is 4. The Morgan fingerprint density at radius 3 is 1.25 bits per heavy atom. The van der Waals surface area contributed by atoms with E-state index >= 15 is 0 Å². The van der Waals surface area contributed by atoms with Gasteiger partial charge >= 0.3 is 68.2 Å². The van der Waals surface area contributed by atoms with Crippen molar-refractivity contribution in [3.05, 3.63) is 0 Å². The molecule has 0 aliphatic heterocycles. The fraction of sp³-hybridized carbons (Fsp3) is 0. The molecule has 0 aromatic carbocycles. The van der Waals surface area contributed by atoms with Crippen molar-refractivity contribution < 1.29 is 23.5 Å². The van der Waals surface area contributed by atoms with Crippen LogP contribution in [-0.2, 0) is 4.63 Å². The molecule has 0 aromatic heterocycles. The third-order valence-corrected chi connectivity index (χ3v) is 0.311. The summed E-state index contributed by atoms with van der Waals surface area (Å²) in [6.45, 7) is 0. The third kappa shape index (κ3) is 15.7. The minimum absolute atomic E-state index is 0. The first-order valence-corrected chi connectivity index (χ1v) is 2.78. The summed E-state index contributed by atoms with van der Waals surface area (Å²) in [5.41, 5.74) is 0. The Labute approximate surface area is 90.6 Å². The number of rotatable bonds is 1. The van der Waals surface area contributed by atoms with Crippen LogP contribution in [0.25, 0.3) is 0 Å². The van der Waals surface area contributed by atoms with Crippen molar-refractivity contribution in [1.29, 1.82) is 0 Å². The van der Waals surface area contributed by atoms with Gasteiger partial charge in [0.05, 0.1) is 0 Å². The summed E-state index contributed by atoms with van der Waals surface area (Å²) in [6, 6.07) is 0. The molecule has 8 heteroatoms. The average Bonchev–Trinajstić information content (AvgIpc) is 1.35. The quantitative estimate of drug-likeness (QED) is 0.359. The molecule has 0 saturated carbocycles. The zero-order chi connectivity index (χ0) is 5.21. The molecule has 4 nitrogen and oxygen atoms in total. The number of halogens is 1. The summed E-state index contributed by atoms with van der Waals surface area (Å²) in [5.74, 6) is 0. The van der Waals surface area contributed by atoms with Crippen molar-refractivity contribution >= 4 is 68.2 Å². The molecule has 42 valence electrons. The van der Waals surface area contributed by atoms with Crippen LogP contribution in [0.15, 0.2) is 0 Å². The Morgan fingerprint density at radius 1 is 1.12 bits per heavy atom. The van der Waals surface area contributed by atoms with Gasteiger partial charge in [-0.1, -0.05) is 4.53 Å². The van der Waals surface area contributed by atoms with E-state index in [-0.39, 0.29) is 59.1 Å². The van der Waals surface area contributed by atoms with E-state index in [0.717, 1.165) is 0 Å². The van der Waals surface area contributed by atoms with E-state index in [1.165, 1.54) is 0 Å². The summed E-state index contributed by atoms with van der Waals surface area (Å²) in [6.07, 6.45) is 0. The van der Waals surface area contributed by atoms with Gasteiger partial charge in [0, 0.05) is 0 Å². The molecule has 0 heterocycles. The normalized spacial score (nSPS) is 9.00. The molecule has 0 unspecified atom stereocenters. The third-order valence-electron chi connectivity index (χ3n) is 0.104. The van der Waals surface area contributed by atoms with Gasteiger partial charge in [0.25, 0.3) is 0 Å². The molecule has 0 radical (unpaired) electrons. The summed E-state index contributed by atoms with van der Waals surface area (Å²) in [4.78, 5) is 22.4. The van der Waals surface area contributed by atoms with Gasteiger partial charge in [0.15, 0.2) is 0 Å². The Bertz CT molecular complexity index is 43.8. The predicted octanol–water partition coefficient (Wildman–Crippen LogP) is -3.00. The molecular formula is H5FNa2O4Si. The van der Waals surface area contributed by atoms with Crippen LogP contribution >= 0.6 is 0 Å². The zero-order valence-electron chi connectivity index (χ0n) is 2.63. The second-order valence-corrected chi connectivity index (χ2v) is 1.95. The molecule has 0 aliphatic rings. The van der Waals surface area contributed by atoms with E-state index in [1.807, 2.05) is 0 Å². The standard InChI is InChI=1S/FH3O4Si.2Na.2H/c1-5-6(2,3)4;;;;/h2-4H;;;;. The van der Waals surface area contributed by atoms with E-state index in [9.17, 15) is 4.53 Å². The van der Waals surface area contributed by atoms with Crippen LogP contribution in [0.2, 0.25) is 0 Å². The molecule has 0 rings (SSSR count). The zero-order valence-corrected chi connectivity index (χ0v) is 3.63. The molecule has 0 fully saturated rings. The van der Waals surface area contributed by atoms with Crippen molar-refractivity contribution in [1.82, 2.24) is 0 Å². The Kier molecular flexibility index (Phi) is 14.7. The topological polar surface area (TPSA) is 69.9 Å². The molecule has 0 saturated heterocycles. The van der Waals surface area contributed by atoms with Gasteiger partial charge in [-0.2, -0.15) is 4.63 Å². The summed E-state index contributed by atoms with van der Waals surface area (Å²) in [7, 11) is -4.80. The fourth-order valence-corrected chi connectivity index (χ4v) is 0. The van der Waals surface area contributed by atoms with E-state index < -0.39 is 9.05 Å². The summed E-state index contributed by atoms with van der Waals surface area (Å²) in [5, 5.41) is 0. The van der Waals surface area contributed by atoms with Gasteiger partial charge in [-0.05, 0) is 0 Å². The van der Waals surface area contributed by atoms with Gasteiger partial charge in [-0.3, -0.25) is 0 Å². The molecule has 8 heavy (non-hydrogen) atoms. The molecule has 0 amide bonds. The summed E-state index contributed by atoms with van der Waals surface area (Å²) >= 11 is 0. The van der Waals surface area contributed by atoms with Gasteiger partial charge in [-0.15, -0.1) is 0 Å². The van der Waals surface area contributed by atoms with Crippen LogP contribution in [0.5, 0.6) is 0 Å². The maximum atomic E-state index is 10.3. The van der Waals surface area contributed by atoms with Crippen LogP contribution in [0.1, 0.15) is 0 Å². The first-order chi connectivity index (χ1) is 2.56. The van der Waals surface area contributed by atoms with Crippen LogP contribution in [0.3, 0.4) is 0 Å². The van der Waals surface area contributed by atoms with Crippen LogP contribution in [0.4, 0.5) is 4.53 Å². The van der Waals surface area contributed by atoms with Gasteiger partial charge in [0.2, 0.25) is 0 Å². The molecule has 0 spiro atoms. The predicted molar refractivity (Wildman–Crippen MR) is 28.9 cm³/mol. The van der Waals surface area contributed by atoms with Crippen LogP contribution in [0, 0.1) is 0 Å². The van der Waals surface area contributed by atoms with Crippen molar-refractivity contribution in [3.8, 4) is 0 Å². The van der Waals surface area contributed by atoms with E-state index in [1.54, 1.807) is 0 Å². The first-order valence-electron chi connectivity index (χ1n) is 1.03. The Hall–Kier alpha value is 1.99. The average molecular weight is 162 g/mol. The molecule has 0 aromatic rings. The van der Waals surface area contributed by atoms with Crippen LogP contribution in [-0.4, -0.2) is 82.5 Å². The molecular weight excluding hydrogens is 157 g/mol. The Morgan fingerprint density at radius 2 is 1.25 bits per heavy atom. The van der Waals surface area contributed by atoms with E-state index in [0.29, 0.717) is 0 Å². The van der Waals surface area contributed by atoms with Gasteiger partial charge < -0.3 is 14.4 Å². The van der Waals surface area contributed by atoms with Crippen molar-refractivity contribution in [2.24, 2.45) is 0 Å². The van der Waals surface area contributed by atoms with Crippen molar-refractivity contribution in [2.75, 3.05) is 0 Å². The maximum absolute atomic E-state index is 10.3. The monoisotopic (exact) mass is 162 g/mol. The van der Waals surface area contributed by atoms with E-state index in [4.69, 9.17) is 14.4 Å². The van der Waals surface area contributed by atoms with Crippen molar-refractivity contribution in [2.45, 2.75) is 0 Å². The Balaban J connectivity index is -0.000000125. The first kappa shape index (κ1) is 16.5. The molecule has 0 aliphatic carbocycles. The van der Waals surface area contributed by atoms with E-state index in [2.05, 4.69) is 4.63 Å².